The Kier molecular flexibility index (Phi) is 7.51. The van der Waals surface area contributed by atoms with E-state index in [-0.39, 0.29) is 40.9 Å². The Morgan fingerprint density at radius 1 is 1.29 bits per heavy atom. The number of nitrogens with one attached hydrogen (secondary N) is 1. The fraction of sp³-hybridized carbons (Fsp3) is 0.526. The van der Waals surface area contributed by atoms with Crippen molar-refractivity contribution < 1.29 is 31.5 Å². The maximum Gasteiger partial charge on any atom is 0.391 e. The fourth-order valence-corrected chi connectivity index (χ4v) is 3.38. The fourth-order valence-electron chi connectivity index (χ4n) is 3.07. The number of pyridine rings is 1. The maximum atomic E-state index is 13.9. The minimum Gasteiger partial charge on any atom is -0.461 e. The van der Waals surface area contributed by atoms with Crippen molar-refractivity contribution in [1.29, 1.82) is 0 Å². The van der Waals surface area contributed by atoms with Gasteiger partial charge in [-0.15, -0.1) is 0 Å². The molecule has 0 saturated heterocycles. The largest absolute Gasteiger partial charge is 0.461 e. The van der Waals surface area contributed by atoms with Crippen LogP contribution in [0.2, 0.25) is 5.02 Å². The molecule has 0 aromatic carbocycles. The summed E-state index contributed by atoms with van der Waals surface area (Å²) >= 11 is 6.27. The van der Waals surface area contributed by atoms with Gasteiger partial charge in [0.15, 0.2) is 5.69 Å². The van der Waals surface area contributed by atoms with Crippen LogP contribution in [0.15, 0.2) is 12.3 Å². The van der Waals surface area contributed by atoms with Crippen LogP contribution in [0, 0.1) is 0 Å². The minimum atomic E-state index is -4.45. The number of esters is 1. The zero-order valence-corrected chi connectivity index (χ0v) is 18.0. The summed E-state index contributed by atoms with van der Waals surface area (Å²) in [7, 11) is 0. The molecule has 0 spiro atoms. The Balaban J connectivity index is 2.53. The van der Waals surface area contributed by atoms with E-state index in [4.69, 9.17) is 16.3 Å². The molecule has 0 amide bonds. The number of aryl methyl sites for hydroxylation is 1. The number of hydrogen-bond acceptors (Lipinski definition) is 5. The first-order valence-corrected chi connectivity index (χ1v) is 9.74. The first-order valence-electron chi connectivity index (χ1n) is 9.36. The van der Waals surface area contributed by atoms with Gasteiger partial charge in [0.1, 0.15) is 10.8 Å². The third kappa shape index (κ3) is 6.05. The van der Waals surface area contributed by atoms with Crippen LogP contribution in [0.5, 0.6) is 0 Å². The van der Waals surface area contributed by atoms with Crippen LogP contribution in [0.3, 0.4) is 0 Å². The second-order valence-corrected chi connectivity index (χ2v) is 7.68. The van der Waals surface area contributed by atoms with Crippen LogP contribution in [0.4, 0.5) is 27.8 Å². The lowest BCUT2D eigenvalue weighted by atomic mass is 10.00. The van der Waals surface area contributed by atoms with Crippen molar-refractivity contribution in [3.05, 3.63) is 28.5 Å². The van der Waals surface area contributed by atoms with Crippen molar-refractivity contribution in [3.8, 4) is 11.3 Å². The number of alkyl halides is 5. The summed E-state index contributed by atoms with van der Waals surface area (Å²) in [5.41, 5.74) is -2.28. The van der Waals surface area contributed by atoms with Crippen LogP contribution in [0.1, 0.15) is 56.6 Å². The Hall–Kier alpha value is -2.43. The van der Waals surface area contributed by atoms with Gasteiger partial charge in [0.25, 0.3) is 6.43 Å². The average molecular weight is 469 g/mol. The van der Waals surface area contributed by atoms with E-state index in [9.17, 15) is 26.7 Å². The number of halogens is 6. The number of carbonyl (C=O) groups excluding carboxylic acids is 1. The zero-order chi connectivity index (χ0) is 23.6. The standard InChI is InChI=1S/C19H22ClF5N4O2/c1-5-29-15(13(20)14(28-29)17(30)31-6-2)11-8-26-12(7-10(11)16(21)22)27-18(3,4)9-19(23,24)25/h7-8,16H,5-6,9H2,1-4H3,(H,26,27). The lowest BCUT2D eigenvalue weighted by molar-refractivity contribution is -0.142. The summed E-state index contributed by atoms with van der Waals surface area (Å²) in [6, 6.07) is 0.964. The van der Waals surface area contributed by atoms with E-state index < -0.39 is 36.1 Å². The van der Waals surface area contributed by atoms with E-state index in [1.807, 2.05) is 0 Å². The molecule has 2 heterocycles. The first-order chi connectivity index (χ1) is 14.3. The smallest absolute Gasteiger partial charge is 0.391 e. The highest BCUT2D eigenvalue weighted by Crippen LogP contribution is 2.38. The van der Waals surface area contributed by atoms with Gasteiger partial charge in [0.2, 0.25) is 0 Å². The van der Waals surface area contributed by atoms with Crippen molar-refractivity contribution in [2.75, 3.05) is 11.9 Å². The van der Waals surface area contributed by atoms with Gasteiger partial charge in [-0.25, -0.2) is 18.6 Å². The van der Waals surface area contributed by atoms with E-state index >= 15 is 0 Å². The maximum absolute atomic E-state index is 13.9. The minimum absolute atomic E-state index is 0.0381. The van der Waals surface area contributed by atoms with Crippen LogP contribution in [0.25, 0.3) is 11.3 Å². The molecule has 0 aliphatic heterocycles. The molecule has 0 fully saturated rings. The van der Waals surface area contributed by atoms with E-state index in [0.717, 1.165) is 12.3 Å². The average Bonchev–Trinajstić information content (AvgIpc) is 2.96. The normalized spacial score (nSPS) is 12.4. The van der Waals surface area contributed by atoms with Crippen molar-refractivity contribution in [2.24, 2.45) is 0 Å². The molecular weight excluding hydrogens is 447 g/mol. The van der Waals surface area contributed by atoms with Crippen molar-refractivity contribution in [1.82, 2.24) is 14.8 Å². The SMILES string of the molecule is CCOC(=O)c1nn(CC)c(-c2cnc(NC(C)(C)CC(F)(F)F)cc2C(F)F)c1Cl. The van der Waals surface area contributed by atoms with E-state index in [1.165, 1.54) is 18.5 Å². The predicted molar refractivity (Wildman–Crippen MR) is 105 cm³/mol. The molecule has 0 bridgehead atoms. The molecule has 0 aliphatic carbocycles. The molecule has 1 N–H and O–H groups in total. The second kappa shape index (κ2) is 9.37. The van der Waals surface area contributed by atoms with Gasteiger partial charge in [0.05, 0.1) is 18.7 Å². The van der Waals surface area contributed by atoms with E-state index in [1.54, 1.807) is 13.8 Å². The van der Waals surface area contributed by atoms with E-state index in [0.29, 0.717) is 0 Å². The molecule has 0 atom stereocenters. The second-order valence-electron chi connectivity index (χ2n) is 7.31. The Bertz CT molecular complexity index is 944. The third-order valence-corrected chi connectivity index (χ3v) is 4.56. The topological polar surface area (TPSA) is 69.0 Å². The van der Waals surface area contributed by atoms with Gasteiger partial charge in [0, 0.05) is 29.4 Å². The lowest BCUT2D eigenvalue weighted by Gasteiger charge is -2.28. The van der Waals surface area contributed by atoms with Gasteiger partial charge in [-0.3, -0.25) is 4.68 Å². The molecule has 31 heavy (non-hydrogen) atoms. The monoisotopic (exact) mass is 468 g/mol. The predicted octanol–water partition coefficient (Wildman–Crippen LogP) is 5.88. The molecule has 2 aromatic heterocycles. The summed E-state index contributed by atoms with van der Waals surface area (Å²) in [5, 5.41) is 6.40. The number of aromatic nitrogens is 3. The summed E-state index contributed by atoms with van der Waals surface area (Å²) in [5.74, 6) is -0.961. The van der Waals surface area contributed by atoms with E-state index in [2.05, 4.69) is 15.4 Å². The highest BCUT2D eigenvalue weighted by Gasteiger charge is 2.37. The molecule has 2 rings (SSSR count). The summed E-state index contributed by atoms with van der Waals surface area (Å²) in [6.07, 6.45) is -7.57. The first kappa shape index (κ1) is 24.8. The quantitative estimate of drug-likeness (QED) is 0.387. The van der Waals surface area contributed by atoms with Gasteiger partial charge in [-0.05, 0) is 33.8 Å². The molecule has 2 aromatic rings. The van der Waals surface area contributed by atoms with Gasteiger partial charge >= 0.3 is 12.1 Å². The highest BCUT2D eigenvalue weighted by molar-refractivity contribution is 6.35. The summed E-state index contributed by atoms with van der Waals surface area (Å²) < 4.78 is 72.1. The third-order valence-electron chi connectivity index (χ3n) is 4.20. The van der Waals surface area contributed by atoms with Crippen LogP contribution in [-0.2, 0) is 11.3 Å². The molecule has 0 aliphatic rings. The van der Waals surface area contributed by atoms with Gasteiger partial charge < -0.3 is 10.1 Å². The molecule has 12 heteroatoms. The summed E-state index contributed by atoms with van der Waals surface area (Å²) in [6.45, 7) is 6.11. The van der Waals surface area contributed by atoms with Crippen molar-refractivity contribution in [3.63, 3.8) is 0 Å². The molecular formula is C19H22ClF5N4O2. The molecule has 0 radical (unpaired) electrons. The van der Waals surface area contributed by atoms with Gasteiger partial charge in [-0.1, -0.05) is 11.6 Å². The Morgan fingerprint density at radius 3 is 2.45 bits per heavy atom. The Labute approximate surface area is 180 Å². The van der Waals surface area contributed by atoms with Crippen LogP contribution < -0.4 is 5.32 Å². The van der Waals surface area contributed by atoms with Crippen molar-refractivity contribution >= 4 is 23.4 Å². The Morgan fingerprint density at radius 2 is 1.94 bits per heavy atom. The number of ether oxygens (including phenoxy) is 1. The molecule has 0 unspecified atom stereocenters. The molecule has 0 saturated carbocycles. The molecule has 172 valence electrons. The molecule has 6 nitrogen and oxygen atoms in total. The number of rotatable bonds is 8. The number of hydrogen-bond donors (Lipinski definition) is 1. The number of carbonyl (C=O) groups is 1. The highest BCUT2D eigenvalue weighted by atomic mass is 35.5. The lowest BCUT2D eigenvalue weighted by Crippen LogP contribution is -2.36. The van der Waals surface area contributed by atoms with Crippen molar-refractivity contribution in [2.45, 2.75) is 58.8 Å². The summed E-state index contributed by atoms with van der Waals surface area (Å²) in [4.78, 5) is 16.1. The van der Waals surface area contributed by atoms with Crippen LogP contribution in [-0.4, -0.2) is 39.1 Å². The number of nitrogens with zero attached hydrogens (tertiary/aromatic N) is 3. The van der Waals surface area contributed by atoms with Crippen LogP contribution >= 0.6 is 11.6 Å². The van der Waals surface area contributed by atoms with Gasteiger partial charge in [-0.2, -0.15) is 18.3 Å². The number of anilines is 1. The zero-order valence-electron chi connectivity index (χ0n) is 17.3.